The van der Waals surface area contributed by atoms with Gasteiger partial charge in [-0.15, -0.1) is 0 Å². The third-order valence-electron chi connectivity index (χ3n) is 7.65. The number of nitrogens with two attached hydrogens (primary N) is 1. The number of rotatable bonds is 13. The van der Waals surface area contributed by atoms with Crippen molar-refractivity contribution in [3.63, 3.8) is 0 Å². The lowest BCUT2D eigenvalue weighted by molar-refractivity contribution is -0.114. The first-order valence-electron chi connectivity index (χ1n) is 17.0. The van der Waals surface area contributed by atoms with Crippen LogP contribution in [0.15, 0.2) is 127 Å². The maximum absolute atomic E-state index is 11.5. The molecular weight excluding hydrogens is 841 g/mol. The number of benzene rings is 3. The fraction of sp³-hybridized carbons (Fsp3) is 0.250. The quantitative estimate of drug-likeness (QED) is 0.0394. The van der Waals surface area contributed by atoms with E-state index in [-0.39, 0.29) is 5.78 Å². The highest BCUT2D eigenvalue weighted by atomic mass is 35.6. The van der Waals surface area contributed by atoms with E-state index in [1.165, 1.54) is 27.2 Å². The average Bonchev–Trinajstić information content (AvgIpc) is 3.79. The van der Waals surface area contributed by atoms with Gasteiger partial charge in [-0.3, -0.25) is 15.4 Å². The van der Waals surface area contributed by atoms with Gasteiger partial charge >= 0.3 is 0 Å². The van der Waals surface area contributed by atoms with Gasteiger partial charge in [-0.1, -0.05) is 124 Å². The first kappa shape index (κ1) is 46.4. The largest absolute Gasteiger partial charge is 0.501 e. The summed E-state index contributed by atoms with van der Waals surface area (Å²) in [6, 6.07) is 33.3. The van der Waals surface area contributed by atoms with Crippen molar-refractivity contribution < 1.29 is 19.1 Å². The topological polar surface area (TPSA) is 126 Å². The SMILES string of the molecule is CO/C(=C\C(C)=O)CC/C(=C/C(=O)C(Cl)(Cl)Cl)OC.Cc1cc(CCc2cc(C(Cl)(Cl)Cl)n(-c3ccccc3)n2)nn1-c1ccccc1.NNc1ccccc1. The van der Waals surface area contributed by atoms with Crippen molar-refractivity contribution in [2.24, 2.45) is 5.84 Å². The van der Waals surface area contributed by atoms with E-state index >= 15 is 0 Å². The molecule has 16 heteroatoms. The summed E-state index contributed by atoms with van der Waals surface area (Å²) in [4.78, 5) is 22.4. The minimum absolute atomic E-state index is 0.128. The Balaban J connectivity index is 0.000000267. The summed E-state index contributed by atoms with van der Waals surface area (Å²) in [7, 11) is 2.86. The number of ketones is 2. The summed E-state index contributed by atoms with van der Waals surface area (Å²) in [5.41, 5.74) is 8.81. The fourth-order valence-corrected chi connectivity index (χ4v) is 5.54. The van der Waals surface area contributed by atoms with Gasteiger partial charge in [-0.25, -0.2) is 9.36 Å². The summed E-state index contributed by atoms with van der Waals surface area (Å²) in [5, 5.41) is 9.41. The fourth-order valence-electron chi connectivity index (χ4n) is 4.97. The summed E-state index contributed by atoms with van der Waals surface area (Å²) < 4.78 is 10.1. The molecule has 10 nitrogen and oxygen atoms in total. The van der Waals surface area contributed by atoms with Gasteiger partial charge in [-0.2, -0.15) is 10.2 Å². The molecule has 3 N–H and O–H groups in total. The van der Waals surface area contributed by atoms with Gasteiger partial charge in [0.05, 0.1) is 54.2 Å². The van der Waals surface area contributed by atoms with Crippen LogP contribution in [-0.4, -0.2) is 49.1 Å². The standard InChI is InChI=1S/C22H19Cl3N4.C12H15Cl3O4.C6H8N2/c1-16-14-17(26-28(16)19-8-4-2-5-9-19)12-13-18-15-21(22(23,24)25)29(27-18)20-10-6-3-7-11-20;1-8(16)6-9(18-2)4-5-10(19-3)7-11(17)12(13,14)15;7-8-6-4-2-1-3-5-6/h2-11,14-15H,12-13H2,1H3;6-7H,4-5H2,1-3H3;1-5,8H,7H2/b;9-6-,10-7-;. The number of ether oxygens (including phenoxy) is 2. The van der Waals surface area contributed by atoms with Crippen LogP contribution in [0.4, 0.5) is 5.69 Å². The van der Waals surface area contributed by atoms with E-state index < -0.39 is 13.4 Å². The Labute approximate surface area is 357 Å². The third-order valence-corrected chi connectivity index (χ3v) is 8.79. The van der Waals surface area contributed by atoms with Crippen LogP contribution in [-0.2, 0) is 35.7 Å². The van der Waals surface area contributed by atoms with E-state index in [1.807, 2.05) is 102 Å². The first-order chi connectivity index (χ1) is 26.5. The van der Waals surface area contributed by atoms with Crippen molar-refractivity contribution in [1.82, 2.24) is 19.6 Å². The number of hydrogen-bond acceptors (Lipinski definition) is 8. The lowest BCUT2D eigenvalue weighted by atomic mass is 10.2. The molecule has 0 saturated carbocycles. The smallest absolute Gasteiger partial charge is 0.252 e. The van der Waals surface area contributed by atoms with Crippen molar-refractivity contribution in [3.8, 4) is 11.4 Å². The molecule has 0 aliphatic carbocycles. The molecule has 3 aromatic carbocycles. The molecule has 5 aromatic rings. The number of nitrogen functional groups attached to an aromatic ring is 1. The van der Waals surface area contributed by atoms with Gasteiger partial charge in [0.2, 0.25) is 9.58 Å². The van der Waals surface area contributed by atoms with Crippen molar-refractivity contribution in [2.45, 2.75) is 47.1 Å². The number of anilines is 1. The van der Waals surface area contributed by atoms with E-state index in [9.17, 15) is 9.59 Å². The van der Waals surface area contributed by atoms with Gasteiger partial charge in [0.25, 0.3) is 3.79 Å². The van der Waals surface area contributed by atoms with Gasteiger partial charge in [0.1, 0.15) is 0 Å². The zero-order valence-corrected chi connectivity index (χ0v) is 35.6. The van der Waals surface area contributed by atoms with Crippen molar-refractivity contribution in [2.75, 3.05) is 19.6 Å². The van der Waals surface area contributed by atoms with Gasteiger partial charge in [-0.05, 0) is 75.2 Å². The maximum Gasteiger partial charge on any atom is 0.252 e. The molecule has 56 heavy (non-hydrogen) atoms. The van der Waals surface area contributed by atoms with Crippen LogP contribution in [0.2, 0.25) is 0 Å². The van der Waals surface area contributed by atoms with Gasteiger partial charge in [0.15, 0.2) is 5.78 Å². The zero-order chi connectivity index (χ0) is 41.3. The van der Waals surface area contributed by atoms with Crippen LogP contribution in [0.1, 0.15) is 42.5 Å². The number of methoxy groups -OCH3 is 2. The second-order valence-corrected chi connectivity index (χ2v) is 16.5. The van der Waals surface area contributed by atoms with Crippen LogP contribution in [0.3, 0.4) is 0 Å². The number of hydrazine groups is 1. The summed E-state index contributed by atoms with van der Waals surface area (Å²) in [6.07, 6.45) is 4.65. The highest BCUT2D eigenvalue weighted by Gasteiger charge is 2.30. The number of carbonyl (C=O) groups excluding carboxylic acids is 2. The lowest BCUT2D eigenvalue weighted by Gasteiger charge is -2.13. The Morgan fingerprint density at radius 1 is 0.714 bits per heavy atom. The van der Waals surface area contributed by atoms with Crippen LogP contribution in [0, 0.1) is 6.92 Å². The minimum atomic E-state index is -2.01. The normalized spacial score (nSPS) is 11.8. The van der Waals surface area contributed by atoms with Crippen LogP contribution in [0.5, 0.6) is 0 Å². The Morgan fingerprint density at radius 2 is 1.16 bits per heavy atom. The molecule has 2 aromatic heterocycles. The number of nitrogens with one attached hydrogen (secondary N) is 1. The third kappa shape index (κ3) is 15.5. The lowest BCUT2D eigenvalue weighted by Crippen LogP contribution is -2.16. The molecule has 0 bridgehead atoms. The summed E-state index contributed by atoms with van der Waals surface area (Å²) >= 11 is 34.9. The van der Waals surface area contributed by atoms with Gasteiger partial charge < -0.3 is 14.9 Å². The van der Waals surface area contributed by atoms with E-state index in [1.54, 1.807) is 4.68 Å². The van der Waals surface area contributed by atoms with E-state index in [2.05, 4.69) is 23.5 Å². The Bertz CT molecular complexity index is 2040. The van der Waals surface area contributed by atoms with E-state index in [0.717, 1.165) is 46.6 Å². The molecule has 298 valence electrons. The predicted molar refractivity (Wildman–Crippen MR) is 228 cm³/mol. The zero-order valence-electron chi connectivity index (χ0n) is 31.1. The molecular formula is C40H42Cl6N6O4. The molecule has 0 unspecified atom stereocenters. The highest BCUT2D eigenvalue weighted by Crippen LogP contribution is 2.39. The molecule has 0 fully saturated rings. The molecule has 5 rings (SSSR count). The Morgan fingerprint density at radius 3 is 1.59 bits per heavy atom. The highest BCUT2D eigenvalue weighted by molar-refractivity contribution is 6.77. The molecule has 0 aliphatic rings. The average molecular weight is 884 g/mol. The molecule has 0 amide bonds. The number of aromatic nitrogens is 4. The Hall–Kier alpha value is -4.00. The molecule has 0 radical (unpaired) electrons. The number of allylic oxidation sites excluding steroid dienone is 4. The maximum atomic E-state index is 11.5. The second-order valence-electron chi connectivity index (χ2n) is 11.9. The van der Waals surface area contributed by atoms with Crippen LogP contribution >= 0.6 is 69.6 Å². The number of para-hydroxylation sites is 3. The van der Waals surface area contributed by atoms with Crippen LogP contribution < -0.4 is 11.3 Å². The number of carbonyl (C=O) groups is 2. The Kier molecular flexibility index (Phi) is 18.8. The van der Waals surface area contributed by atoms with Crippen LogP contribution in [0.25, 0.3) is 11.4 Å². The molecule has 0 atom stereocenters. The van der Waals surface area contributed by atoms with E-state index in [0.29, 0.717) is 36.5 Å². The van der Waals surface area contributed by atoms with Crippen molar-refractivity contribution >= 4 is 86.9 Å². The molecule has 0 spiro atoms. The number of alkyl halides is 6. The van der Waals surface area contributed by atoms with Crippen molar-refractivity contribution in [3.05, 3.63) is 150 Å². The monoisotopic (exact) mass is 880 g/mol. The number of hydrogen-bond donors (Lipinski definition) is 2. The number of aryl methyl sites for hydroxylation is 3. The molecule has 0 aliphatic heterocycles. The first-order valence-corrected chi connectivity index (χ1v) is 19.3. The summed E-state index contributed by atoms with van der Waals surface area (Å²) in [6.45, 7) is 3.47. The van der Waals surface area contributed by atoms with E-state index in [4.69, 9.17) is 90.0 Å². The second kappa shape index (κ2) is 22.7. The number of halogens is 6. The van der Waals surface area contributed by atoms with Gasteiger partial charge in [0, 0.05) is 36.4 Å². The predicted octanol–water partition coefficient (Wildman–Crippen LogP) is 10.3. The molecule has 0 saturated heterocycles. The van der Waals surface area contributed by atoms with Crippen molar-refractivity contribution in [1.29, 1.82) is 0 Å². The minimum Gasteiger partial charge on any atom is -0.501 e. The number of nitrogens with zero attached hydrogens (tertiary/aromatic N) is 4. The molecule has 2 heterocycles. The summed E-state index contributed by atoms with van der Waals surface area (Å²) in [5.74, 6) is 5.10.